The number of nitro groups is 1. The van der Waals surface area contributed by atoms with Crippen molar-refractivity contribution in [1.82, 2.24) is 0 Å². The Hall–Kier alpha value is -2.01. The highest BCUT2D eigenvalue weighted by molar-refractivity contribution is 6.21. The Balaban J connectivity index is 2.43. The number of hydrogen-bond donors (Lipinski definition) is 1. The second-order valence-corrected chi connectivity index (χ2v) is 6.30. The van der Waals surface area contributed by atoms with Gasteiger partial charge < -0.3 is 10.0 Å². The Kier molecular flexibility index (Phi) is 3.60. The maximum atomic E-state index is 11.4. The second-order valence-electron chi connectivity index (χ2n) is 5.61. The molecular weight excluding hydrogens is 304 g/mol. The zero-order valence-corrected chi connectivity index (χ0v) is 13.2. The number of halogens is 1. The third-order valence-corrected chi connectivity index (χ3v) is 4.70. The quantitative estimate of drug-likeness (QED) is 0.527. The van der Waals surface area contributed by atoms with Gasteiger partial charge in [-0.2, -0.15) is 0 Å². The van der Waals surface area contributed by atoms with Crippen LogP contribution in [0.3, 0.4) is 0 Å². The predicted octanol–water partition coefficient (Wildman–Crippen LogP) is 4.00. The number of phenolic OH excluding ortho intramolecular Hbond substituents is 1. The third-order valence-electron chi connectivity index (χ3n) is 4.40. The van der Waals surface area contributed by atoms with Crippen molar-refractivity contribution in [3.05, 3.63) is 39.9 Å². The van der Waals surface area contributed by atoms with Crippen LogP contribution in [0.4, 0.5) is 11.4 Å². The highest BCUT2D eigenvalue weighted by Gasteiger charge is 2.35. The maximum Gasteiger partial charge on any atom is 0.277 e. The minimum atomic E-state index is -0.396. The molecule has 2 aromatic carbocycles. The van der Waals surface area contributed by atoms with Gasteiger partial charge in [0.1, 0.15) is 5.75 Å². The van der Waals surface area contributed by atoms with E-state index >= 15 is 0 Å². The van der Waals surface area contributed by atoms with Gasteiger partial charge >= 0.3 is 0 Å². The van der Waals surface area contributed by atoms with Gasteiger partial charge in [-0.05, 0) is 19.4 Å². The Morgan fingerprint density at radius 1 is 1.55 bits per heavy atom. The van der Waals surface area contributed by atoms with Crippen molar-refractivity contribution in [2.45, 2.75) is 25.1 Å². The van der Waals surface area contributed by atoms with Gasteiger partial charge in [0.15, 0.2) is 0 Å². The second kappa shape index (κ2) is 5.32. The lowest BCUT2D eigenvalue weighted by Gasteiger charge is -2.17. The monoisotopic (exact) mass is 320 g/mol. The Morgan fingerprint density at radius 3 is 2.86 bits per heavy atom. The molecule has 1 aliphatic heterocycles. The number of fused-ring (bicyclic) bond motifs is 3. The van der Waals surface area contributed by atoms with Gasteiger partial charge in [0, 0.05) is 47.6 Å². The van der Waals surface area contributed by atoms with E-state index in [9.17, 15) is 15.2 Å². The summed E-state index contributed by atoms with van der Waals surface area (Å²) in [6.07, 6.45) is 0. The summed E-state index contributed by atoms with van der Waals surface area (Å²) >= 11 is 6.35. The Bertz CT molecular complexity index is 761. The van der Waals surface area contributed by atoms with Gasteiger partial charge in [-0.1, -0.05) is 12.1 Å². The molecule has 0 aromatic heterocycles. The van der Waals surface area contributed by atoms with Gasteiger partial charge in [-0.3, -0.25) is 10.1 Å². The fourth-order valence-electron chi connectivity index (χ4n) is 3.34. The van der Waals surface area contributed by atoms with Crippen LogP contribution in [0.5, 0.6) is 5.75 Å². The highest BCUT2D eigenvalue weighted by Crippen LogP contribution is 2.49. The number of benzene rings is 2. The van der Waals surface area contributed by atoms with Crippen LogP contribution in [0.25, 0.3) is 10.8 Å². The molecule has 0 saturated heterocycles. The summed E-state index contributed by atoms with van der Waals surface area (Å²) in [5.41, 5.74) is 1.74. The van der Waals surface area contributed by atoms with E-state index in [1.165, 1.54) is 6.07 Å². The first-order chi connectivity index (χ1) is 10.5. The Morgan fingerprint density at radius 2 is 2.27 bits per heavy atom. The molecule has 1 N–H and O–H groups in total. The fraction of sp³-hybridized carbons (Fsp3) is 0.375. The number of rotatable bonds is 3. The SMILES string of the molecule is CCN1C[C@@H]([C@@H](C)Cl)c2c1cc(O)c1cccc([N+](=O)[O-])c21. The van der Waals surface area contributed by atoms with Crippen molar-refractivity contribution < 1.29 is 10.0 Å². The molecule has 0 amide bonds. The summed E-state index contributed by atoms with van der Waals surface area (Å²) < 4.78 is 0. The number of nitro benzene ring substituents is 1. The van der Waals surface area contributed by atoms with Crippen LogP contribution < -0.4 is 4.90 Å². The molecule has 0 fully saturated rings. The predicted molar refractivity (Wildman–Crippen MR) is 88.2 cm³/mol. The smallest absolute Gasteiger partial charge is 0.277 e. The number of hydrogen-bond acceptors (Lipinski definition) is 4. The molecule has 0 radical (unpaired) electrons. The van der Waals surface area contributed by atoms with Crippen molar-refractivity contribution >= 4 is 33.7 Å². The molecule has 0 unspecified atom stereocenters. The van der Waals surface area contributed by atoms with E-state index in [-0.39, 0.29) is 22.7 Å². The van der Waals surface area contributed by atoms with Gasteiger partial charge in [0.05, 0.1) is 10.3 Å². The number of phenols is 1. The number of nitrogens with zero attached hydrogens (tertiary/aromatic N) is 2. The fourth-order valence-corrected chi connectivity index (χ4v) is 3.55. The molecule has 0 spiro atoms. The molecule has 3 rings (SSSR count). The first-order valence-electron chi connectivity index (χ1n) is 7.27. The molecule has 2 aromatic rings. The molecule has 22 heavy (non-hydrogen) atoms. The van der Waals surface area contributed by atoms with E-state index < -0.39 is 4.92 Å². The lowest BCUT2D eigenvalue weighted by molar-refractivity contribution is -0.383. The number of anilines is 1. The lowest BCUT2D eigenvalue weighted by Crippen LogP contribution is -2.23. The molecule has 1 heterocycles. The standard InChI is InChI=1S/C16H17ClN2O3/c1-3-18-8-11(9(2)17)16-13(18)7-14(20)10-5-4-6-12(15(10)16)19(21)22/h4-7,9,11,20H,3,8H2,1-2H3/t9-,11+/m1/s1. The van der Waals surface area contributed by atoms with Crippen molar-refractivity contribution in [2.24, 2.45) is 0 Å². The van der Waals surface area contributed by atoms with Crippen LogP contribution in [0.2, 0.25) is 0 Å². The number of likely N-dealkylation sites (N-methyl/N-ethyl adjacent to an activating group) is 1. The minimum Gasteiger partial charge on any atom is -0.507 e. The van der Waals surface area contributed by atoms with Gasteiger partial charge in [-0.15, -0.1) is 11.6 Å². The van der Waals surface area contributed by atoms with Crippen molar-refractivity contribution in [1.29, 1.82) is 0 Å². The molecule has 0 bridgehead atoms. The number of non-ortho nitro benzene ring substituents is 1. The average Bonchev–Trinajstić information content (AvgIpc) is 2.85. The normalized spacial score (nSPS) is 18.5. The Labute approximate surface area is 133 Å². The molecule has 0 aliphatic carbocycles. The maximum absolute atomic E-state index is 11.4. The summed E-state index contributed by atoms with van der Waals surface area (Å²) in [4.78, 5) is 13.1. The van der Waals surface area contributed by atoms with E-state index in [1.807, 2.05) is 13.8 Å². The van der Waals surface area contributed by atoms with Crippen LogP contribution >= 0.6 is 11.6 Å². The topological polar surface area (TPSA) is 66.6 Å². The molecule has 6 heteroatoms. The zero-order chi connectivity index (χ0) is 16.0. The number of aromatic hydroxyl groups is 1. The largest absolute Gasteiger partial charge is 0.507 e. The van der Waals surface area contributed by atoms with Crippen molar-refractivity contribution in [2.75, 3.05) is 18.0 Å². The lowest BCUT2D eigenvalue weighted by atomic mass is 9.91. The van der Waals surface area contributed by atoms with Gasteiger partial charge in [0.2, 0.25) is 0 Å². The molecule has 2 atom stereocenters. The van der Waals surface area contributed by atoms with E-state index in [0.717, 1.165) is 17.8 Å². The molecule has 116 valence electrons. The van der Waals surface area contributed by atoms with E-state index in [4.69, 9.17) is 11.6 Å². The summed E-state index contributed by atoms with van der Waals surface area (Å²) in [6, 6.07) is 6.48. The van der Waals surface area contributed by atoms with Crippen LogP contribution in [0, 0.1) is 10.1 Å². The van der Waals surface area contributed by atoms with Crippen molar-refractivity contribution in [3.8, 4) is 5.75 Å². The minimum absolute atomic E-state index is 0.000756. The van der Waals surface area contributed by atoms with Crippen LogP contribution in [-0.2, 0) is 0 Å². The van der Waals surface area contributed by atoms with E-state index in [2.05, 4.69) is 4.90 Å². The van der Waals surface area contributed by atoms with Gasteiger partial charge in [-0.25, -0.2) is 0 Å². The zero-order valence-electron chi connectivity index (χ0n) is 12.4. The summed E-state index contributed by atoms with van der Waals surface area (Å²) in [6.45, 7) is 5.40. The number of alkyl halides is 1. The van der Waals surface area contributed by atoms with Crippen LogP contribution in [0.1, 0.15) is 25.3 Å². The van der Waals surface area contributed by atoms with Crippen LogP contribution in [0.15, 0.2) is 24.3 Å². The summed E-state index contributed by atoms with van der Waals surface area (Å²) in [5, 5.41) is 22.6. The molecule has 5 nitrogen and oxygen atoms in total. The molecule has 0 saturated carbocycles. The first kappa shape index (κ1) is 14.9. The van der Waals surface area contributed by atoms with E-state index in [1.54, 1.807) is 18.2 Å². The highest BCUT2D eigenvalue weighted by atomic mass is 35.5. The first-order valence-corrected chi connectivity index (χ1v) is 7.71. The molecular formula is C16H17ClN2O3. The van der Waals surface area contributed by atoms with E-state index in [0.29, 0.717) is 17.3 Å². The molecule has 1 aliphatic rings. The van der Waals surface area contributed by atoms with Gasteiger partial charge in [0.25, 0.3) is 5.69 Å². The average molecular weight is 321 g/mol. The summed E-state index contributed by atoms with van der Waals surface area (Å²) in [5.74, 6) is 0.0691. The third kappa shape index (κ3) is 2.08. The van der Waals surface area contributed by atoms with Crippen LogP contribution in [-0.4, -0.2) is 28.5 Å². The van der Waals surface area contributed by atoms with Crippen molar-refractivity contribution in [3.63, 3.8) is 0 Å². The summed E-state index contributed by atoms with van der Waals surface area (Å²) in [7, 11) is 0.